The van der Waals surface area contributed by atoms with Crippen molar-refractivity contribution in [3.63, 3.8) is 0 Å². The highest BCUT2D eigenvalue weighted by molar-refractivity contribution is 6.09. The maximum Gasteiger partial charge on any atom is 0.339 e. The van der Waals surface area contributed by atoms with Gasteiger partial charge in [0.2, 0.25) is 0 Å². The first-order valence-corrected chi connectivity index (χ1v) is 9.10. The van der Waals surface area contributed by atoms with Crippen LogP contribution < -0.4 is 5.32 Å². The van der Waals surface area contributed by atoms with Gasteiger partial charge in [0.1, 0.15) is 0 Å². The van der Waals surface area contributed by atoms with Crippen molar-refractivity contribution >= 4 is 17.9 Å². The molecular weight excluding hydrogens is 368 g/mol. The summed E-state index contributed by atoms with van der Waals surface area (Å²) in [6.07, 6.45) is 0. The van der Waals surface area contributed by atoms with Crippen molar-refractivity contribution in [1.29, 1.82) is 0 Å². The van der Waals surface area contributed by atoms with Gasteiger partial charge >= 0.3 is 12.0 Å². The first-order chi connectivity index (χ1) is 14.1. The average Bonchev–Trinajstić information content (AvgIpc) is 3.04. The van der Waals surface area contributed by atoms with E-state index < -0.39 is 30.2 Å². The van der Waals surface area contributed by atoms with Gasteiger partial charge in [-0.25, -0.2) is 14.5 Å². The monoisotopic (exact) mass is 386 g/mol. The van der Waals surface area contributed by atoms with Crippen LogP contribution in [-0.2, 0) is 15.1 Å². The standard InChI is InChI=1S/C23H18N2O4/c26-20(17-10-4-1-5-11-17)29-16-25-21(27)23(24-22(25)28,18-12-6-2-7-13-18)19-14-8-3-9-15-19/h1-15H,16H2,(H,24,28). The molecule has 0 spiro atoms. The second kappa shape index (κ2) is 7.59. The maximum atomic E-state index is 13.4. The lowest BCUT2D eigenvalue weighted by molar-refractivity contribution is -0.132. The summed E-state index contributed by atoms with van der Waals surface area (Å²) in [5.74, 6) is -1.11. The van der Waals surface area contributed by atoms with Crippen LogP contribution in [-0.4, -0.2) is 29.5 Å². The van der Waals surface area contributed by atoms with Gasteiger partial charge in [0.05, 0.1) is 5.56 Å². The van der Waals surface area contributed by atoms with Crippen LogP contribution in [0.1, 0.15) is 21.5 Å². The van der Waals surface area contributed by atoms with Crippen molar-refractivity contribution in [3.8, 4) is 0 Å². The quantitative estimate of drug-likeness (QED) is 0.539. The van der Waals surface area contributed by atoms with Gasteiger partial charge in [-0.15, -0.1) is 0 Å². The van der Waals surface area contributed by atoms with E-state index in [2.05, 4.69) is 5.32 Å². The molecule has 0 unspecified atom stereocenters. The van der Waals surface area contributed by atoms with Crippen LogP contribution in [0.25, 0.3) is 0 Å². The zero-order valence-electron chi connectivity index (χ0n) is 15.4. The van der Waals surface area contributed by atoms with E-state index in [0.717, 1.165) is 4.90 Å². The van der Waals surface area contributed by atoms with Gasteiger partial charge in [0.15, 0.2) is 12.3 Å². The SMILES string of the molecule is O=C(OCN1C(=O)NC(c2ccccc2)(c2ccccc2)C1=O)c1ccccc1. The van der Waals surface area contributed by atoms with Crippen molar-refractivity contribution in [1.82, 2.24) is 10.2 Å². The lowest BCUT2D eigenvalue weighted by Crippen LogP contribution is -2.45. The molecule has 1 heterocycles. The topological polar surface area (TPSA) is 75.7 Å². The minimum Gasteiger partial charge on any atom is -0.440 e. The number of carbonyl (C=O) groups excluding carboxylic acids is 3. The van der Waals surface area contributed by atoms with E-state index in [0.29, 0.717) is 16.7 Å². The number of ether oxygens (including phenoxy) is 1. The predicted molar refractivity (Wildman–Crippen MR) is 106 cm³/mol. The summed E-state index contributed by atoms with van der Waals surface area (Å²) in [6.45, 7) is -0.472. The number of carbonyl (C=O) groups is 3. The number of benzene rings is 3. The Morgan fingerprint density at radius 3 is 1.79 bits per heavy atom. The van der Waals surface area contributed by atoms with E-state index in [4.69, 9.17) is 4.74 Å². The Morgan fingerprint density at radius 1 is 0.793 bits per heavy atom. The molecule has 0 aromatic heterocycles. The Kier molecular flexibility index (Phi) is 4.83. The van der Waals surface area contributed by atoms with E-state index in [-0.39, 0.29) is 0 Å². The first kappa shape index (κ1) is 18.4. The summed E-state index contributed by atoms with van der Waals surface area (Å²) in [5, 5.41) is 2.81. The third-order valence-corrected chi connectivity index (χ3v) is 4.85. The van der Waals surface area contributed by atoms with E-state index >= 15 is 0 Å². The van der Waals surface area contributed by atoms with Gasteiger partial charge in [-0.3, -0.25) is 4.79 Å². The van der Waals surface area contributed by atoms with Crippen LogP contribution in [0.3, 0.4) is 0 Å². The summed E-state index contributed by atoms with van der Waals surface area (Å²) in [4.78, 5) is 39.3. The number of hydrogen-bond donors (Lipinski definition) is 1. The predicted octanol–water partition coefficient (Wildman–Crippen LogP) is 3.30. The Hall–Kier alpha value is -3.93. The number of esters is 1. The summed E-state index contributed by atoms with van der Waals surface area (Å²) < 4.78 is 5.22. The van der Waals surface area contributed by atoms with E-state index in [1.165, 1.54) is 0 Å². The fraction of sp³-hybridized carbons (Fsp3) is 0.0870. The van der Waals surface area contributed by atoms with Gasteiger partial charge in [-0.05, 0) is 23.3 Å². The van der Waals surface area contributed by atoms with Crippen LogP contribution in [0, 0.1) is 0 Å². The van der Waals surface area contributed by atoms with E-state index in [1.54, 1.807) is 78.9 Å². The molecule has 6 nitrogen and oxygen atoms in total. The van der Waals surface area contributed by atoms with Gasteiger partial charge in [0.25, 0.3) is 5.91 Å². The lowest BCUT2D eigenvalue weighted by Gasteiger charge is -2.27. The number of hydrogen-bond acceptors (Lipinski definition) is 4. The second-order valence-electron chi connectivity index (χ2n) is 6.57. The fourth-order valence-electron chi connectivity index (χ4n) is 3.41. The van der Waals surface area contributed by atoms with Crippen LogP contribution >= 0.6 is 0 Å². The van der Waals surface area contributed by atoms with Crippen LogP contribution in [0.5, 0.6) is 0 Å². The van der Waals surface area contributed by atoms with Crippen LogP contribution in [0.2, 0.25) is 0 Å². The largest absolute Gasteiger partial charge is 0.440 e. The van der Waals surface area contributed by atoms with Crippen molar-refractivity contribution < 1.29 is 19.1 Å². The number of nitrogens with zero attached hydrogens (tertiary/aromatic N) is 1. The number of amides is 3. The molecular formula is C23H18N2O4. The minimum atomic E-state index is -1.38. The molecule has 1 aliphatic rings. The molecule has 0 bridgehead atoms. The van der Waals surface area contributed by atoms with E-state index in [1.807, 2.05) is 12.1 Å². The van der Waals surface area contributed by atoms with Crippen molar-refractivity contribution in [2.45, 2.75) is 5.54 Å². The first-order valence-electron chi connectivity index (χ1n) is 9.10. The lowest BCUT2D eigenvalue weighted by atomic mass is 9.83. The summed E-state index contributed by atoms with van der Waals surface area (Å²) in [7, 11) is 0. The Balaban J connectivity index is 1.65. The maximum absolute atomic E-state index is 13.4. The average molecular weight is 386 g/mol. The summed E-state index contributed by atoms with van der Waals surface area (Å²) in [6, 6.07) is 25.8. The number of nitrogens with one attached hydrogen (secondary N) is 1. The molecule has 1 N–H and O–H groups in total. The summed E-state index contributed by atoms with van der Waals surface area (Å²) in [5.41, 5.74) is 0.221. The van der Waals surface area contributed by atoms with Crippen LogP contribution in [0.15, 0.2) is 91.0 Å². The molecule has 0 radical (unpaired) electrons. The third-order valence-electron chi connectivity index (χ3n) is 4.85. The fourth-order valence-corrected chi connectivity index (χ4v) is 3.41. The molecule has 0 atom stereocenters. The highest BCUT2D eigenvalue weighted by Crippen LogP contribution is 2.35. The molecule has 1 fully saturated rings. The van der Waals surface area contributed by atoms with Crippen LogP contribution in [0.4, 0.5) is 4.79 Å². The second-order valence-corrected chi connectivity index (χ2v) is 6.57. The zero-order chi connectivity index (χ0) is 20.3. The molecule has 4 rings (SSSR count). The Bertz CT molecular complexity index is 997. The number of rotatable bonds is 5. The number of imide groups is 1. The zero-order valence-corrected chi connectivity index (χ0v) is 15.4. The number of urea groups is 1. The molecule has 6 heteroatoms. The normalized spacial score (nSPS) is 15.1. The van der Waals surface area contributed by atoms with Gasteiger partial charge < -0.3 is 10.1 Å². The third kappa shape index (κ3) is 3.25. The Labute approximate surface area is 167 Å². The molecule has 144 valence electrons. The highest BCUT2D eigenvalue weighted by Gasteiger charge is 2.54. The molecule has 1 aliphatic heterocycles. The Morgan fingerprint density at radius 2 is 1.28 bits per heavy atom. The molecule has 3 aromatic rings. The van der Waals surface area contributed by atoms with Gasteiger partial charge in [-0.1, -0.05) is 78.9 Å². The van der Waals surface area contributed by atoms with Crippen molar-refractivity contribution in [2.75, 3.05) is 6.73 Å². The van der Waals surface area contributed by atoms with Gasteiger partial charge in [-0.2, -0.15) is 0 Å². The summed E-state index contributed by atoms with van der Waals surface area (Å²) >= 11 is 0. The minimum absolute atomic E-state index is 0.344. The molecule has 0 saturated carbocycles. The van der Waals surface area contributed by atoms with Gasteiger partial charge in [0, 0.05) is 0 Å². The highest BCUT2D eigenvalue weighted by atomic mass is 16.5. The van der Waals surface area contributed by atoms with Crippen molar-refractivity contribution in [2.24, 2.45) is 0 Å². The molecule has 0 aliphatic carbocycles. The van der Waals surface area contributed by atoms with E-state index in [9.17, 15) is 14.4 Å². The molecule has 1 saturated heterocycles. The van der Waals surface area contributed by atoms with Crippen molar-refractivity contribution in [3.05, 3.63) is 108 Å². The molecule has 29 heavy (non-hydrogen) atoms. The smallest absolute Gasteiger partial charge is 0.339 e. The molecule has 3 aromatic carbocycles. The molecule has 3 amide bonds.